The van der Waals surface area contributed by atoms with Crippen LogP contribution >= 0.6 is 0 Å². The predicted octanol–water partition coefficient (Wildman–Crippen LogP) is 5.01. The molecule has 1 heterocycles. The summed E-state index contributed by atoms with van der Waals surface area (Å²) in [5.41, 5.74) is 3.33. The fourth-order valence-electron chi connectivity index (χ4n) is 1.22. The van der Waals surface area contributed by atoms with E-state index >= 15 is 0 Å². The van der Waals surface area contributed by atoms with Crippen LogP contribution in [-0.2, 0) is 32.7 Å². The molecule has 2 heteroatoms. The van der Waals surface area contributed by atoms with Crippen molar-refractivity contribution < 1.29 is 32.7 Å². The van der Waals surface area contributed by atoms with Crippen LogP contribution in [0.3, 0.4) is 0 Å². The largest absolute Gasteiger partial charge is 0.383 e. The quantitative estimate of drug-likeness (QED) is 0.564. The van der Waals surface area contributed by atoms with E-state index in [4.69, 9.17) is 0 Å². The molecular formula is C16H24NY-. The summed E-state index contributed by atoms with van der Waals surface area (Å²) >= 11 is 0. The minimum absolute atomic E-state index is 0. The van der Waals surface area contributed by atoms with E-state index in [2.05, 4.69) is 37.9 Å². The third kappa shape index (κ3) is 7.23. The van der Waals surface area contributed by atoms with E-state index in [-0.39, 0.29) is 32.7 Å². The first-order valence-electron chi connectivity index (χ1n) is 6.32. The molecule has 97 valence electrons. The van der Waals surface area contributed by atoms with Crippen molar-refractivity contribution in [1.82, 2.24) is 4.98 Å². The molecule has 0 N–H and O–H groups in total. The van der Waals surface area contributed by atoms with Crippen LogP contribution in [0.25, 0.3) is 5.57 Å². The second-order valence-corrected chi connectivity index (χ2v) is 3.92. The average Bonchev–Trinajstić information content (AvgIpc) is 2.38. The number of hydrogen-bond acceptors (Lipinski definition) is 1. The van der Waals surface area contributed by atoms with Gasteiger partial charge in [-0.3, -0.25) is 0 Å². The van der Waals surface area contributed by atoms with E-state index in [1.807, 2.05) is 45.2 Å². The number of pyridine rings is 1. The molecule has 0 amide bonds. The maximum absolute atomic E-state index is 4.42. The molecule has 0 saturated carbocycles. The zero-order valence-corrected chi connectivity index (χ0v) is 15.3. The first kappa shape index (κ1) is 20.1. The first-order valence-corrected chi connectivity index (χ1v) is 6.32. The number of rotatable bonds is 3. The Morgan fingerprint density at radius 1 is 1.33 bits per heavy atom. The van der Waals surface area contributed by atoms with Gasteiger partial charge in [-0.25, -0.2) is 0 Å². The van der Waals surface area contributed by atoms with Gasteiger partial charge in [-0.2, -0.15) is 12.1 Å². The van der Waals surface area contributed by atoms with E-state index in [1.54, 1.807) is 0 Å². The summed E-state index contributed by atoms with van der Waals surface area (Å²) < 4.78 is 0. The van der Waals surface area contributed by atoms with Gasteiger partial charge in [-0.05, 0) is 25.5 Å². The molecule has 0 aliphatic carbocycles. The molecule has 0 aliphatic heterocycles. The Morgan fingerprint density at radius 3 is 2.33 bits per heavy atom. The smallest absolute Gasteiger partial charge is 0 e. The van der Waals surface area contributed by atoms with Crippen LogP contribution in [0.2, 0.25) is 0 Å². The van der Waals surface area contributed by atoms with Crippen molar-refractivity contribution in [2.75, 3.05) is 0 Å². The normalized spacial score (nSPS) is 10.9. The summed E-state index contributed by atoms with van der Waals surface area (Å²) in [6.07, 6.45) is 8.00. The first-order chi connectivity index (χ1) is 8.15. The van der Waals surface area contributed by atoms with Crippen molar-refractivity contribution in [3.05, 3.63) is 47.8 Å². The Morgan fingerprint density at radius 2 is 1.94 bits per heavy atom. The SMILES string of the molecule is C/C=C\C=C(/C)c1c[c-]c(C(C)C)cn1.CC.[Y]. The van der Waals surface area contributed by atoms with Gasteiger partial charge in [-0.15, -0.1) is 5.56 Å². The molecule has 0 aromatic carbocycles. The Balaban J connectivity index is 0. The standard InChI is InChI=1S/C14H18N.C2H6.Y/c1-5-6-7-12(4)14-9-8-13(10-15-14)11(2)3;1-2;/h5-7,9-11H,1-4H3;1-2H3;/q-1;;/b6-5-,12-7+;;. The minimum Gasteiger partial charge on any atom is -0.383 e. The number of allylic oxidation sites excluding steroid dienone is 4. The monoisotopic (exact) mass is 319 g/mol. The molecule has 0 unspecified atom stereocenters. The van der Waals surface area contributed by atoms with E-state index in [9.17, 15) is 0 Å². The Bertz CT molecular complexity index is 361. The molecule has 1 aromatic rings. The number of aromatic nitrogens is 1. The molecule has 18 heavy (non-hydrogen) atoms. The van der Waals surface area contributed by atoms with Crippen LogP contribution in [0.4, 0.5) is 0 Å². The molecule has 0 spiro atoms. The Labute approximate surface area is 138 Å². The number of nitrogens with zero attached hydrogens (tertiary/aromatic N) is 1. The zero-order valence-electron chi connectivity index (χ0n) is 12.5. The van der Waals surface area contributed by atoms with Crippen LogP contribution in [0, 0.1) is 6.07 Å². The summed E-state index contributed by atoms with van der Waals surface area (Å²) in [5.74, 6) is 0.492. The summed E-state index contributed by atoms with van der Waals surface area (Å²) in [4.78, 5) is 4.42. The van der Waals surface area contributed by atoms with Gasteiger partial charge in [0.05, 0.1) is 0 Å². The summed E-state index contributed by atoms with van der Waals surface area (Å²) in [6.45, 7) is 12.4. The fourth-order valence-corrected chi connectivity index (χ4v) is 1.22. The van der Waals surface area contributed by atoms with Crippen LogP contribution in [0.15, 0.2) is 30.5 Å². The van der Waals surface area contributed by atoms with E-state index in [1.165, 1.54) is 5.57 Å². The van der Waals surface area contributed by atoms with Crippen molar-refractivity contribution in [1.29, 1.82) is 0 Å². The van der Waals surface area contributed by atoms with Crippen LogP contribution in [0.1, 0.15) is 58.7 Å². The molecule has 1 nitrogen and oxygen atoms in total. The third-order valence-corrected chi connectivity index (χ3v) is 2.28. The summed E-state index contributed by atoms with van der Waals surface area (Å²) in [6, 6.07) is 5.23. The van der Waals surface area contributed by atoms with Crippen LogP contribution < -0.4 is 0 Å². The molecule has 0 fully saturated rings. The van der Waals surface area contributed by atoms with E-state index < -0.39 is 0 Å². The van der Waals surface area contributed by atoms with Crippen molar-refractivity contribution in [2.24, 2.45) is 0 Å². The van der Waals surface area contributed by atoms with Gasteiger partial charge in [0.25, 0.3) is 0 Å². The zero-order chi connectivity index (χ0) is 13.3. The van der Waals surface area contributed by atoms with Gasteiger partial charge >= 0.3 is 0 Å². The van der Waals surface area contributed by atoms with Gasteiger partial charge in [0.2, 0.25) is 0 Å². The minimum atomic E-state index is 0. The predicted molar refractivity (Wildman–Crippen MR) is 77.0 cm³/mol. The third-order valence-electron chi connectivity index (χ3n) is 2.28. The van der Waals surface area contributed by atoms with Gasteiger partial charge in [0.1, 0.15) is 0 Å². The summed E-state index contributed by atoms with van der Waals surface area (Å²) in [5, 5.41) is 0. The maximum atomic E-state index is 4.42. The molecule has 1 radical (unpaired) electrons. The van der Waals surface area contributed by atoms with Crippen molar-refractivity contribution in [3.8, 4) is 0 Å². The van der Waals surface area contributed by atoms with Crippen LogP contribution in [0.5, 0.6) is 0 Å². The van der Waals surface area contributed by atoms with Gasteiger partial charge in [0.15, 0.2) is 0 Å². The van der Waals surface area contributed by atoms with Crippen molar-refractivity contribution in [2.45, 2.75) is 47.5 Å². The molecular weight excluding hydrogens is 295 g/mol. The van der Waals surface area contributed by atoms with E-state index in [0.29, 0.717) is 5.92 Å². The molecule has 1 aromatic heterocycles. The maximum Gasteiger partial charge on any atom is 0 e. The molecule has 0 saturated heterocycles. The fraction of sp³-hybridized carbons (Fsp3) is 0.438. The van der Waals surface area contributed by atoms with Gasteiger partial charge < -0.3 is 4.98 Å². The van der Waals surface area contributed by atoms with Gasteiger partial charge in [0, 0.05) is 32.7 Å². The molecule has 0 atom stereocenters. The van der Waals surface area contributed by atoms with Gasteiger partial charge in [-0.1, -0.05) is 57.7 Å². The average molecular weight is 319 g/mol. The Kier molecular flexibility index (Phi) is 13.2. The van der Waals surface area contributed by atoms with E-state index in [0.717, 1.165) is 11.3 Å². The van der Waals surface area contributed by atoms with Crippen LogP contribution in [-0.4, -0.2) is 4.98 Å². The second-order valence-electron chi connectivity index (χ2n) is 3.92. The molecule has 0 aliphatic rings. The topological polar surface area (TPSA) is 12.9 Å². The summed E-state index contributed by atoms with van der Waals surface area (Å²) in [7, 11) is 0. The molecule has 1 rings (SSSR count). The van der Waals surface area contributed by atoms with Crippen molar-refractivity contribution in [3.63, 3.8) is 0 Å². The molecule has 0 bridgehead atoms. The number of hydrogen-bond donors (Lipinski definition) is 0. The Hall–Kier alpha value is -0.266. The second kappa shape index (κ2) is 11.8. The van der Waals surface area contributed by atoms with Crippen molar-refractivity contribution >= 4 is 5.57 Å².